The molecule has 33 heavy (non-hydrogen) atoms. The van der Waals surface area contributed by atoms with Crippen LogP contribution in [0.15, 0.2) is 77.7 Å². The standard InChI is InChI=1S/C23H20ClN3O5S/c24-19-7-9-20(10-8-19)33(31,32)26-14-12-25(13-15-26)21-11-6-18(16-22(21)27(29)30)23(28)17-4-2-1-3-5-17/h1-11,16H,12-15H2. The Bertz CT molecular complexity index is 1290. The molecule has 1 aliphatic heterocycles. The largest absolute Gasteiger partial charge is 0.363 e. The van der Waals surface area contributed by atoms with Gasteiger partial charge in [-0.1, -0.05) is 41.9 Å². The second-order valence-corrected chi connectivity index (χ2v) is 9.88. The average molecular weight is 486 g/mol. The first-order chi connectivity index (χ1) is 15.8. The lowest BCUT2D eigenvalue weighted by molar-refractivity contribution is -0.384. The molecule has 0 unspecified atom stereocenters. The number of nitro benzene ring substituents is 1. The normalized spacial score (nSPS) is 14.8. The summed E-state index contributed by atoms with van der Waals surface area (Å²) >= 11 is 5.85. The SMILES string of the molecule is O=C(c1ccccc1)c1ccc(N2CCN(S(=O)(=O)c3ccc(Cl)cc3)CC2)c([N+](=O)[O-])c1. The summed E-state index contributed by atoms with van der Waals surface area (Å²) in [6.45, 7) is 0.902. The molecule has 1 saturated heterocycles. The zero-order valence-corrected chi connectivity index (χ0v) is 19.0. The molecule has 0 amide bonds. The van der Waals surface area contributed by atoms with Gasteiger partial charge < -0.3 is 4.90 Å². The molecule has 3 aromatic carbocycles. The summed E-state index contributed by atoms with van der Waals surface area (Å²) in [4.78, 5) is 25.9. The Morgan fingerprint density at radius 2 is 1.52 bits per heavy atom. The van der Waals surface area contributed by atoms with Gasteiger partial charge in [-0.2, -0.15) is 4.31 Å². The van der Waals surface area contributed by atoms with Crippen LogP contribution in [0.2, 0.25) is 5.02 Å². The Balaban J connectivity index is 1.54. The van der Waals surface area contributed by atoms with E-state index >= 15 is 0 Å². The van der Waals surface area contributed by atoms with Gasteiger partial charge in [0.15, 0.2) is 5.78 Å². The minimum atomic E-state index is -3.69. The van der Waals surface area contributed by atoms with E-state index in [1.165, 1.54) is 34.6 Å². The molecule has 1 aliphatic rings. The molecule has 170 valence electrons. The molecule has 0 N–H and O–H groups in total. The van der Waals surface area contributed by atoms with E-state index in [-0.39, 0.29) is 48.1 Å². The number of halogens is 1. The highest BCUT2D eigenvalue weighted by Gasteiger charge is 2.31. The van der Waals surface area contributed by atoms with Gasteiger partial charge in [0.25, 0.3) is 5.69 Å². The van der Waals surface area contributed by atoms with E-state index < -0.39 is 14.9 Å². The van der Waals surface area contributed by atoms with Gasteiger partial charge in [-0.15, -0.1) is 0 Å². The lowest BCUT2D eigenvalue weighted by atomic mass is 10.0. The highest BCUT2D eigenvalue weighted by molar-refractivity contribution is 7.89. The van der Waals surface area contributed by atoms with Crippen LogP contribution in [0.5, 0.6) is 0 Å². The van der Waals surface area contributed by atoms with Crippen LogP contribution in [0, 0.1) is 10.1 Å². The maximum atomic E-state index is 12.9. The predicted molar refractivity (Wildman–Crippen MR) is 125 cm³/mol. The quantitative estimate of drug-likeness (QED) is 0.297. The second-order valence-electron chi connectivity index (χ2n) is 7.50. The fourth-order valence-electron chi connectivity index (χ4n) is 3.76. The van der Waals surface area contributed by atoms with Crippen molar-refractivity contribution in [1.82, 2.24) is 4.31 Å². The molecule has 1 fully saturated rings. The topological polar surface area (TPSA) is 101 Å². The van der Waals surface area contributed by atoms with E-state index in [4.69, 9.17) is 11.6 Å². The van der Waals surface area contributed by atoms with Crippen LogP contribution in [0.1, 0.15) is 15.9 Å². The lowest BCUT2D eigenvalue weighted by Crippen LogP contribution is -2.48. The van der Waals surface area contributed by atoms with Crippen molar-refractivity contribution in [3.05, 3.63) is 99.1 Å². The van der Waals surface area contributed by atoms with Crippen LogP contribution < -0.4 is 4.90 Å². The van der Waals surface area contributed by atoms with Crippen LogP contribution in [0.25, 0.3) is 0 Å². The van der Waals surface area contributed by atoms with Gasteiger partial charge in [0.1, 0.15) is 5.69 Å². The van der Waals surface area contributed by atoms with Gasteiger partial charge in [0.2, 0.25) is 10.0 Å². The molecule has 0 spiro atoms. The number of anilines is 1. The Labute approximate surface area is 196 Å². The van der Waals surface area contributed by atoms with Gasteiger partial charge in [-0.3, -0.25) is 14.9 Å². The molecule has 0 radical (unpaired) electrons. The summed E-state index contributed by atoms with van der Waals surface area (Å²) in [6.07, 6.45) is 0. The van der Waals surface area contributed by atoms with Crippen molar-refractivity contribution in [1.29, 1.82) is 0 Å². The van der Waals surface area contributed by atoms with Crippen molar-refractivity contribution in [2.45, 2.75) is 4.90 Å². The Kier molecular flexibility index (Phi) is 6.46. The molecule has 3 aromatic rings. The predicted octanol–water partition coefficient (Wildman–Crippen LogP) is 3.99. The third kappa shape index (κ3) is 4.75. The van der Waals surface area contributed by atoms with Crippen molar-refractivity contribution in [2.75, 3.05) is 31.1 Å². The molecular weight excluding hydrogens is 466 g/mol. The van der Waals surface area contributed by atoms with Crippen LogP contribution >= 0.6 is 11.6 Å². The molecule has 0 aromatic heterocycles. The monoisotopic (exact) mass is 485 g/mol. The van der Waals surface area contributed by atoms with Gasteiger partial charge in [0, 0.05) is 48.4 Å². The Hall–Kier alpha value is -3.27. The molecule has 10 heteroatoms. The average Bonchev–Trinajstić information content (AvgIpc) is 2.84. The summed E-state index contributed by atoms with van der Waals surface area (Å²) in [5.74, 6) is -0.302. The fourth-order valence-corrected chi connectivity index (χ4v) is 5.31. The van der Waals surface area contributed by atoms with Crippen molar-refractivity contribution < 1.29 is 18.1 Å². The number of nitro groups is 1. The summed E-state index contributed by atoms with van der Waals surface area (Å²) in [5, 5.41) is 12.2. The number of hydrogen-bond acceptors (Lipinski definition) is 6. The zero-order valence-electron chi connectivity index (χ0n) is 17.4. The summed E-state index contributed by atoms with van der Waals surface area (Å²) in [6, 6.07) is 18.9. The maximum Gasteiger partial charge on any atom is 0.293 e. The first-order valence-electron chi connectivity index (χ1n) is 10.2. The number of piperazine rings is 1. The third-order valence-corrected chi connectivity index (χ3v) is 7.67. The smallest absolute Gasteiger partial charge is 0.293 e. The second kappa shape index (κ2) is 9.30. The molecule has 0 aliphatic carbocycles. The van der Waals surface area contributed by atoms with Gasteiger partial charge >= 0.3 is 0 Å². The summed E-state index contributed by atoms with van der Waals surface area (Å²) < 4.78 is 27.1. The minimum absolute atomic E-state index is 0.148. The van der Waals surface area contributed by atoms with Crippen LogP contribution in [-0.4, -0.2) is 49.6 Å². The van der Waals surface area contributed by atoms with E-state index in [1.54, 1.807) is 47.4 Å². The number of carbonyl (C=O) groups is 1. The Morgan fingerprint density at radius 3 is 2.12 bits per heavy atom. The number of rotatable bonds is 6. The lowest BCUT2D eigenvalue weighted by Gasteiger charge is -2.35. The number of hydrogen-bond donors (Lipinski definition) is 0. The van der Waals surface area contributed by atoms with Gasteiger partial charge in [0.05, 0.1) is 9.82 Å². The maximum absolute atomic E-state index is 12.9. The molecule has 4 rings (SSSR count). The molecular formula is C23H20ClN3O5S. The van der Waals surface area contributed by atoms with Crippen LogP contribution in [0.3, 0.4) is 0 Å². The molecule has 0 saturated carbocycles. The van der Waals surface area contributed by atoms with Crippen molar-refractivity contribution in [3.8, 4) is 0 Å². The van der Waals surface area contributed by atoms with E-state index in [1.807, 2.05) is 0 Å². The minimum Gasteiger partial charge on any atom is -0.363 e. The van der Waals surface area contributed by atoms with E-state index in [9.17, 15) is 23.3 Å². The van der Waals surface area contributed by atoms with Crippen molar-refractivity contribution in [2.24, 2.45) is 0 Å². The fraction of sp³-hybridized carbons (Fsp3) is 0.174. The molecule has 0 atom stereocenters. The van der Waals surface area contributed by atoms with E-state index in [2.05, 4.69) is 0 Å². The number of carbonyl (C=O) groups excluding carboxylic acids is 1. The number of nitrogens with zero attached hydrogens (tertiary/aromatic N) is 3. The van der Waals surface area contributed by atoms with Crippen molar-refractivity contribution >= 4 is 38.8 Å². The van der Waals surface area contributed by atoms with E-state index in [0.29, 0.717) is 16.3 Å². The summed E-state index contributed by atoms with van der Waals surface area (Å²) in [5.41, 5.74) is 0.833. The number of benzene rings is 3. The summed E-state index contributed by atoms with van der Waals surface area (Å²) in [7, 11) is -3.69. The van der Waals surface area contributed by atoms with Crippen LogP contribution in [-0.2, 0) is 10.0 Å². The first-order valence-corrected chi connectivity index (χ1v) is 12.0. The van der Waals surface area contributed by atoms with Crippen molar-refractivity contribution in [3.63, 3.8) is 0 Å². The molecule has 8 nitrogen and oxygen atoms in total. The first kappa shape index (κ1) is 22.9. The number of ketones is 1. The number of sulfonamides is 1. The van der Waals surface area contributed by atoms with Crippen LogP contribution in [0.4, 0.5) is 11.4 Å². The Morgan fingerprint density at radius 1 is 0.879 bits per heavy atom. The van der Waals surface area contributed by atoms with Gasteiger partial charge in [-0.05, 0) is 36.4 Å². The molecule has 1 heterocycles. The highest BCUT2D eigenvalue weighted by Crippen LogP contribution is 2.31. The highest BCUT2D eigenvalue weighted by atomic mass is 35.5. The zero-order chi connectivity index (χ0) is 23.6. The van der Waals surface area contributed by atoms with E-state index in [0.717, 1.165) is 0 Å². The molecule has 0 bridgehead atoms. The third-order valence-electron chi connectivity index (χ3n) is 5.50. The van der Waals surface area contributed by atoms with Gasteiger partial charge in [-0.25, -0.2) is 8.42 Å².